The van der Waals surface area contributed by atoms with E-state index in [9.17, 15) is 9.18 Å². The van der Waals surface area contributed by atoms with E-state index in [1.54, 1.807) is 6.07 Å². The molecular formula is C16H16FN3O3. The number of hydrogen-bond donors (Lipinski definition) is 1. The quantitative estimate of drug-likeness (QED) is 0.935. The van der Waals surface area contributed by atoms with Crippen molar-refractivity contribution in [2.45, 2.75) is 37.7 Å². The van der Waals surface area contributed by atoms with Gasteiger partial charge in [0.1, 0.15) is 5.82 Å². The van der Waals surface area contributed by atoms with Gasteiger partial charge in [0.15, 0.2) is 5.82 Å². The van der Waals surface area contributed by atoms with Crippen molar-refractivity contribution in [1.82, 2.24) is 10.1 Å². The maximum atomic E-state index is 13.2. The minimum absolute atomic E-state index is 0.152. The van der Waals surface area contributed by atoms with Gasteiger partial charge in [-0.3, -0.25) is 4.79 Å². The Bertz CT molecular complexity index is 740. The summed E-state index contributed by atoms with van der Waals surface area (Å²) in [5.41, 5.74) is 1.27. The average molecular weight is 317 g/mol. The number of halogens is 1. The number of carbonyl (C=O) groups is 1. The summed E-state index contributed by atoms with van der Waals surface area (Å²) in [4.78, 5) is 16.4. The summed E-state index contributed by atoms with van der Waals surface area (Å²) in [6, 6.07) is 4.30. The zero-order valence-electron chi connectivity index (χ0n) is 12.4. The smallest absolute Gasteiger partial charge is 0.232 e. The number of ether oxygens (including phenoxy) is 1. The second-order valence-corrected chi connectivity index (χ2v) is 5.92. The largest absolute Gasteiger partial charge is 0.378 e. The number of amides is 1. The molecule has 2 atom stereocenters. The Labute approximate surface area is 132 Å². The number of hydrogen-bond acceptors (Lipinski definition) is 5. The first kappa shape index (κ1) is 14.3. The first-order valence-corrected chi connectivity index (χ1v) is 7.72. The Morgan fingerprint density at radius 3 is 3.09 bits per heavy atom. The van der Waals surface area contributed by atoms with E-state index in [2.05, 4.69) is 15.5 Å². The Morgan fingerprint density at radius 1 is 1.35 bits per heavy atom. The molecule has 0 aliphatic carbocycles. The number of aromatic nitrogens is 2. The maximum absolute atomic E-state index is 13.2. The average Bonchev–Trinajstić information content (AvgIpc) is 3.23. The van der Waals surface area contributed by atoms with Crippen molar-refractivity contribution < 1.29 is 18.4 Å². The number of carbonyl (C=O) groups excluding carboxylic acids is 1. The molecule has 23 heavy (non-hydrogen) atoms. The zero-order chi connectivity index (χ0) is 15.8. The molecule has 2 aromatic rings. The number of anilines is 1. The van der Waals surface area contributed by atoms with Gasteiger partial charge in [0, 0.05) is 25.1 Å². The van der Waals surface area contributed by atoms with Gasteiger partial charge in [-0.2, -0.15) is 4.98 Å². The second-order valence-electron chi connectivity index (χ2n) is 5.92. The number of benzene rings is 1. The molecule has 1 aromatic carbocycles. The molecular weight excluding hydrogens is 301 g/mol. The van der Waals surface area contributed by atoms with Crippen LogP contribution in [0, 0.1) is 5.82 Å². The van der Waals surface area contributed by atoms with Gasteiger partial charge in [0.25, 0.3) is 0 Å². The van der Waals surface area contributed by atoms with E-state index in [-0.39, 0.29) is 17.8 Å². The molecule has 7 heteroatoms. The number of nitrogens with zero attached hydrogens (tertiary/aromatic N) is 2. The van der Waals surface area contributed by atoms with Gasteiger partial charge in [-0.05, 0) is 30.5 Å². The summed E-state index contributed by atoms with van der Waals surface area (Å²) in [7, 11) is 0. The molecule has 1 fully saturated rings. The monoisotopic (exact) mass is 317 g/mol. The molecule has 3 heterocycles. The molecule has 1 saturated heterocycles. The van der Waals surface area contributed by atoms with E-state index in [0.717, 1.165) is 25.0 Å². The van der Waals surface area contributed by atoms with Crippen molar-refractivity contribution in [3.8, 4) is 0 Å². The minimum atomic E-state index is -0.429. The van der Waals surface area contributed by atoms with E-state index in [4.69, 9.17) is 9.26 Å². The molecule has 1 aromatic heterocycles. The molecule has 1 amide bonds. The van der Waals surface area contributed by atoms with Gasteiger partial charge < -0.3 is 14.6 Å². The van der Waals surface area contributed by atoms with Crippen molar-refractivity contribution in [3.63, 3.8) is 0 Å². The standard InChI is InChI=1S/C16H16FN3O3/c17-9-3-4-11-12(16(21)18-13(11)6-9)8-15-19-14(20-23-15)7-10-2-1-5-22-10/h3-4,6,10,12H,1-2,5,7-8H2,(H,18,21). The molecule has 6 nitrogen and oxygen atoms in total. The van der Waals surface area contributed by atoms with Gasteiger partial charge >= 0.3 is 0 Å². The molecule has 0 saturated carbocycles. The van der Waals surface area contributed by atoms with E-state index in [1.165, 1.54) is 12.1 Å². The summed E-state index contributed by atoms with van der Waals surface area (Å²) in [5, 5.41) is 6.64. The van der Waals surface area contributed by atoms with Crippen LogP contribution >= 0.6 is 0 Å². The highest BCUT2D eigenvalue weighted by Crippen LogP contribution is 2.34. The Hall–Kier alpha value is -2.28. The van der Waals surface area contributed by atoms with Crippen LogP contribution in [0.4, 0.5) is 10.1 Å². The van der Waals surface area contributed by atoms with Gasteiger partial charge in [-0.15, -0.1) is 0 Å². The first-order valence-electron chi connectivity index (χ1n) is 7.72. The van der Waals surface area contributed by atoms with Crippen molar-refractivity contribution >= 4 is 11.6 Å². The lowest BCUT2D eigenvalue weighted by Crippen LogP contribution is -2.14. The summed E-state index contributed by atoms with van der Waals surface area (Å²) in [5.74, 6) is 0.0346. The van der Waals surface area contributed by atoms with Crippen molar-refractivity contribution in [2.75, 3.05) is 11.9 Å². The minimum Gasteiger partial charge on any atom is -0.378 e. The van der Waals surface area contributed by atoms with E-state index in [1.807, 2.05) is 0 Å². The fourth-order valence-corrected chi connectivity index (χ4v) is 3.14. The summed E-state index contributed by atoms with van der Waals surface area (Å²) in [6.07, 6.45) is 3.16. The van der Waals surface area contributed by atoms with Crippen molar-refractivity contribution in [1.29, 1.82) is 0 Å². The first-order chi connectivity index (χ1) is 11.2. The van der Waals surface area contributed by atoms with Crippen LogP contribution in [0.3, 0.4) is 0 Å². The highest BCUT2D eigenvalue weighted by molar-refractivity contribution is 6.02. The normalized spacial score (nSPS) is 23.1. The van der Waals surface area contributed by atoms with Crippen LogP contribution in [-0.2, 0) is 22.4 Å². The van der Waals surface area contributed by atoms with Gasteiger partial charge in [-0.1, -0.05) is 11.2 Å². The predicted octanol–water partition coefficient (Wildman–Crippen LogP) is 2.21. The highest BCUT2D eigenvalue weighted by Gasteiger charge is 2.32. The van der Waals surface area contributed by atoms with Crippen molar-refractivity contribution in [3.05, 3.63) is 41.3 Å². The van der Waals surface area contributed by atoms with Gasteiger partial charge in [-0.25, -0.2) is 4.39 Å². The molecule has 0 bridgehead atoms. The number of nitrogens with one attached hydrogen (secondary N) is 1. The fourth-order valence-electron chi connectivity index (χ4n) is 3.14. The topological polar surface area (TPSA) is 77.2 Å². The number of rotatable bonds is 4. The molecule has 2 aliphatic heterocycles. The van der Waals surface area contributed by atoms with Gasteiger partial charge in [0.2, 0.25) is 11.8 Å². The van der Waals surface area contributed by atoms with Crippen LogP contribution in [0.25, 0.3) is 0 Å². The van der Waals surface area contributed by atoms with E-state index < -0.39 is 5.92 Å². The summed E-state index contributed by atoms with van der Waals surface area (Å²) < 4.78 is 24.0. The lowest BCUT2D eigenvalue weighted by molar-refractivity contribution is -0.117. The third-order valence-electron chi connectivity index (χ3n) is 4.29. The van der Waals surface area contributed by atoms with E-state index in [0.29, 0.717) is 30.2 Å². The van der Waals surface area contributed by atoms with Crippen LogP contribution in [0.15, 0.2) is 22.7 Å². The highest BCUT2D eigenvalue weighted by atomic mass is 19.1. The third kappa shape index (κ3) is 2.84. The Balaban J connectivity index is 1.48. The van der Waals surface area contributed by atoms with Crippen LogP contribution in [0.5, 0.6) is 0 Å². The van der Waals surface area contributed by atoms with Gasteiger partial charge in [0.05, 0.1) is 12.0 Å². The summed E-state index contributed by atoms with van der Waals surface area (Å²) in [6.45, 7) is 0.783. The number of fused-ring (bicyclic) bond motifs is 1. The Kier molecular flexibility index (Phi) is 3.57. The molecule has 120 valence electrons. The predicted molar refractivity (Wildman–Crippen MR) is 78.5 cm³/mol. The second kappa shape index (κ2) is 5.73. The maximum Gasteiger partial charge on any atom is 0.232 e. The molecule has 1 N–H and O–H groups in total. The van der Waals surface area contributed by atoms with Crippen LogP contribution in [-0.4, -0.2) is 28.8 Å². The van der Waals surface area contributed by atoms with E-state index >= 15 is 0 Å². The molecule has 0 spiro atoms. The van der Waals surface area contributed by atoms with Crippen LogP contribution in [0.1, 0.15) is 36.0 Å². The SMILES string of the molecule is O=C1Nc2cc(F)ccc2C1Cc1nc(CC2CCCO2)no1. The fraction of sp³-hybridized carbons (Fsp3) is 0.438. The van der Waals surface area contributed by atoms with Crippen LogP contribution in [0.2, 0.25) is 0 Å². The molecule has 2 aliphatic rings. The third-order valence-corrected chi connectivity index (χ3v) is 4.29. The molecule has 4 rings (SSSR count). The van der Waals surface area contributed by atoms with Crippen molar-refractivity contribution in [2.24, 2.45) is 0 Å². The molecule has 2 unspecified atom stereocenters. The lowest BCUT2D eigenvalue weighted by atomic mass is 9.97. The zero-order valence-corrected chi connectivity index (χ0v) is 12.4. The summed E-state index contributed by atoms with van der Waals surface area (Å²) >= 11 is 0. The molecule has 0 radical (unpaired) electrons. The lowest BCUT2D eigenvalue weighted by Gasteiger charge is -2.05. The van der Waals surface area contributed by atoms with Crippen LogP contribution < -0.4 is 5.32 Å². The Morgan fingerprint density at radius 2 is 2.26 bits per heavy atom.